The van der Waals surface area contributed by atoms with Crippen molar-refractivity contribution in [3.63, 3.8) is 0 Å². The Kier molecular flexibility index (Phi) is 4.43. The highest BCUT2D eigenvalue weighted by molar-refractivity contribution is 5.92. The van der Waals surface area contributed by atoms with Crippen LogP contribution in [0.15, 0.2) is 53.3 Å². The SMILES string of the molecule is COc1cc(N2CCOC2=O)ccc1-c1nc2c(c(-c3ccccc3)nn2C)c(=O)[nH]1. The lowest BCUT2D eigenvalue weighted by atomic mass is 10.1. The molecular weight excluding hydrogens is 398 g/mol. The number of fused-ring (bicyclic) bond motifs is 1. The van der Waals surface area contributed by atoms with Crippen LogP contribution in [0.2, 0.25) is 0 Å². The molecule has 0 radical (unpaired) electrons. The monoisotopic (exact) mass is 417 g/mol. The van der Waals surface area contributed by atoms with Gasteiger partial charge in [-0.1, -0.05) is 30.3 Å². The number of hydrogen-bond donors (Lipinski definition) is 1. The molecule has 1 saturated heterocycles. The molecule has 2 aromatic heterocycles. The Morgan fingerprint density at radius 3 is 2.65 bits per heavy atom. The summed E-state index contributed by atoms with van der Waals surface area (Å²) in [7, 11) is 3.28. The Balaban J connectivity index is 1.64. The lowest BCUT2D eigenvalue weighted by Gasteiger charge is -2.15. The topological polar surface area (TPSA) is 102 Å². The molecule has 1 N–H and O–H groups in total. The summed E-state index contributed by atoms with van der Waals surface area (Å²) < 4.78 is 12.1. The maximum Gasteiger partial charge on any atom is 0.414 e. The quantitative estimate of drug-likeness (QED) is 0.548. The summed E-state index contributed by atoms with van der Waals surface area (Å²) in [5, 5.41) is 4.94. The van der Waals surface area contributed by atoms with Crippen LogP contribution in [0, 0.1) is 0 Å². The van der Waals surface area contributed by atoms with Gasteiger partial charge in [0.2, 0.25) is 0 Å². The van der Waals surface area contributed by atoms with Crippen LogP contribution in [0.25, 0.3) is 33.7 Å². The Labute approximate surface area is 176 Å². The summed E-state index contributed by atoms with van der Waals surface area (Å²) in [5.74, 6) is 0.831. The minimum Gasteiger partial charge on any atom is -0.496 e. The fourth-order valence-corrected chi connectivity index (χ4v) is 3.75. The molecule has 2 aromatic carbocycles. The molecule has 4 aromatic rings. The third-order valence-electron chi connectivity index (χ3n) is 5.25. The number of cyclic esters (lactones) is 1. The first-order valence-electron chi connectivity index (χ1n) is 9.72. The Morgan fingerprint density at radius 1 is 1.13 bits per heavy atom. The zero-order chi connectivity index (χ0) is 21.5. The van der Waals surface area contributed by atoms with Crippen LogP contribution in [-0.2, 0) is 11.8 Å². The molecule has 1 aliphatic heterocycles. The fourth-order valence-electron chi connectivity index (χ4n) is 3.75. The van der Waals surface area contributed by atoms with E-state index in [9.17, 15) is 9.59 Å². The van der Waals surface area contributed by atoms with Crippen LogP contribution in [0.1, 0.15) is 0 Å². The molecule has 1 amide bonds. The second-order valence-electron chi connectivity index (χ2n) is 7.10. The molecular formula is C22H19N5O4. The van der Waals surface area contributed by atoms with E-state index in [4.69, 9.17) is 9.47 Å². The number of rotatable bonds is 4. The maximum absolute atomic E-state index is 13.0. The van der Waals surface area contributed by atoms with Gasteiger partial charge >= 0.3 is 6.09 Å². The third-order valence-corrected chi connectivity index (χ3v) is 5.25. The smallest absolute Gasteiger partial charge is 0.414 e. The van der Waals surface area contributed by atoms with Crippen molar-refractivity contribution >= 4 is 22.8 Å². The average molecular weight is 417 g/mol. The van der Waals surface area contributed by atoms with Crippen molar-refractivity contribution in [1.82, 2.24) is 19.7 Å². The molecule has 0 unspecified atom stereocenters. The maximum atomic E-state index is 13.0. The molecule has 0 aliphatic carbocycles. The lowest BCUT2D eigenvalue weighted by molar-refractivity contribution is 0.181. The van der Waals surface area contributed by atoms with E-state index in [0.29, 0.717) is 52.7 Å². The summed E-state index contributed by atoms with van der Waals surface area (Å²) in [4.78, 5) is 34.0. The highest BCUT2D eigenvalue weighted by atomic mass is 16.6. The van der Waals surface area contributed by atoms with Gasteiger partial charge in [0.1, 0.15) is 29.3 Å². The third kappa shape index (κ3) is 3.10. The zero-order valence-electron chi connectivity index (χ0n) is 17.0. The van der Waals surface area contributed by atoms with Gasteiger partial charge in [0.05, 0.1) is 24.9 Å². The van der Waals surface area contributed by atoms with Crippen molar-refractivity contribution in [2.75, 3.05) is 25.2 Å². The number of aromatic amines is 1. The molecule has 1 aliphatic rings. The van der Waals surface area contributed by atoms with Gasteiger partial charge in [0.25, 0.3) is 5.56 Å². The molecule has 9 nitrogen and oxygen atoms in total. The minimum atomic E-state index is -0.397. The molecule has 31 heavy (non-hydrogen) atoms. The number of hydrogen-bond acceptors (Lipinski definition) is 6. The first-order chi connectivity index (χ1) is 15.1. The van der Waals surface area contributed by atoms with Gasteiger partial charge in [-0.05, 0) is 12.1 Å². The van der Waals surface area contributed by atoms with Crippen LogP contribution in [0.3, 0.4) is 0 Å². The van der Waals surface area contributed by atoms with Crippen LogP contribution in [0.5, 0.6) is 5.75 Å². The van der Waals surface area contributed by atoms with Crippen molar-refractivity contribution in [3.05, 3.63) is 58.9 Å². The number of anilines is 1. The van der Waals surface area contributed by atoms with Gasteiger partial charge in [0.15, 0.2) is 5.65 Å². The number of nitrogens with one attached hydrogen (secondary N) is 1. The van der Waals surface area contributed by atoms with Crippen molar-refractivity contribution < 1.29 is 14.3 Å². The summed E-state index contributed by atoms with van der Waals surface area (Å²) in [6, 6.07) is 14.8. The number of H-pyrrole nitrogens is 1. The molecule has 5 rings (SSSR count). The van der Waals surface area contributed by atoms with E-state index in [2.05, 4.69) is 15.1 Å². The van der Waals surface area contributed by atoms with E-state index < -0.39 is 6.09 Å². The first-order valence-corrected chi connectivity index (χ1v) is 9.72. The first kappa shape index (κ1) is 18.9. The van der Waals surface area contributed by atoms with E-state index >= 15 is 0 Å². The number of nitrogens with zero attached hydrogens (tertiary/aromatic N) is 4. The standard InChI is InChI=1S/C22H19N5O4/c1-26-20-17(18(25-26)13-6-4-3-5-7-13)21(28)24-19(23-20)15-9-8-14(12-16(15)30-2)27-10-11-31-22(27)29/h3-9,12H,10-11H2,1-2H3,(H,23,24,28). The summed E-state index contributed by atoms with van der Waals surface area (Å²) in [6.07, 6.45) is -0.397. The number of amides is 1. The van der Waals surface area contributed by atoms with Gasteiger partial charge in [-0.3, -0.25) is 9.69 Å². The van der Waals surface area contributed by atoms with Crippen molar-refractivity contribution in [1.29, 1.82) is 0 Å². The molecule has 0 saturated carbocycles. The molecule has 9 heteroatoms. The van der Waals surface area contributed by atoms with Gasteiger partial charge in [-0.2, -0.15) is 5.10 Å². The lowest BCUT2D eigenvalue weighted by Crippen LogP contribution is -2.23. The van der Waals surface area contributed by atoms with E-state index in [0.717, 1.165) is 5.56 Å². The molecule has 0 spiro atoms. The highest BCUT2D eigenvalue weighted by Gasteiger charge is 2.25. The van der Waals surface area contributed by atoms with E-state index in [1.807, 2.05) is 30.3 Å². The average Bonchev–Trinajstić information content (AvgIpc) is 3.37. The van der Waals surface area contributed by atoms with Gasteiger partial charge < -0.3 is 14.5 Å². The largest absolute Gasteiger partial charge is 0.496 e. The summed E-state index contributed by atoms with van der Waals surface area (Å²) >= 11 is 0. The fraction of sp³-hybridized carbons (Fsp3) is 0.182. The van der Waals surface area contributed by atoms with Crippen LogP contribution in [0.4, 0.5) is 10.5 Å². The number of benzene rings is 2. The van der Waals surface area contributed by atoms with Crippen molar-refractivity contribution in [3.8, 4) is 28.4 Å². The van der Waals surface area contributed by atoms with Crippen LogP contribution in [-0.4, -0.2) is 46.1 Å². The van der Waals surface area contributed by atoms with Crippen molar-refractivity contribution in [2.45, 2.75) is 0 Å². The Hall–Kier alpha value is -4.14. The van der Waals surface area contributed by atoms with Gasteiger partial charge in [-0.25, -0.2) is 14.5 Å². The van der Waals surface area contributed by atoms with Gasteiger partial charge in [0, 0.05) is 18.7 Å². The predicted octanol–water partition coefficient (Wildman–Crippen LogP) is 2.96. The normalized spacial score (nSPS) is 13.6. The van der Waals surface area contributed by atoms with E-state index in [1.54, 1.807) is 29.9 Å². The Bertz CT molecular complexity index is 1360. The summed E-state index contributed by atoms with van der Waals surface area (Å²) in [6.45, 7) is 0.818. The molecule has 156 valence electrons. The van der Waals surface area contributed by atoms with Crippen molar-refractivity contribution in [2.24, 2.45) is 7.05 Å². The molecule has 1 fully saturated rings. The predicted molar refractivity (Wildman–Crippen MR) is 115 cm³/mol. The Morgan fingerprint density at radius 2 is 1.94 bits per heavy atom. The van der Waals surface area contributed by atoms with Gasteiger partial charge in [-0.15, -0.1) is 0 Å². The summed E-state index contributed by atoms with van der Waals surface area (Å²) in [5.41, 5.74) is 2.84. The molecule has 0 atom stereocenters. The number of aryl methyl sites for hydroxylation is 1. The number of methoxy groups -OCH3 is 1. The number of aromatic nitrogens is 4. The second kappa shape index (κ2) is 7.28. The zero-order valence-corrected chi connectivity index (χ0v) is 17.0. The van der Waals surface area contributed by atoms with Crippen LogP contribution < -0.4 is 15.2 Å². The second-order valence-corrected chi connectivity index (χ2v) is 7.10. The number of carbonyl (C=O) groups excluding carboxylic acids is 1. The minimum absolute atomic E-state index is 0.291. The molecule has 0 bridgehead atoms. The number of ether oxygens (including phenoxy) is 2. The highest BCUT2D eigenvalue weighted by Crippen LogP contribution is 2.33. The molecule has 3 heterocycles. The van der Waals surface area contributed by atoms with E-state index in [-0.39, 0.29) is 5.56 Å². The number of carbonyl (C=O) groups is 1. The van der Waals surface area contributed by atoms with Crippen LogP contribution >= 0.6 is 0 Å². The van der Waals surface area contributed by atoms with E-state index in [1.165, 1.54) is 12.0 Å².